The average molecular weight is 311 g/mol. The van der Waals surface area contributed by atoms with Gasteiger partial charge < -0.3 is 15.3 Å². The summed E-state index contributed by atoms with van der Waals surface area (Å²) in [6.07, 6.45) is 3.71. The Morgan fingerprint density at radius 2 is 2.14 bits per heavy atom. The second-order valence-electron chi connectivity index (χ2n) is 6.26. The van der Waals surface area contributed by atoms with Gasteiger partial charge in [0.05, 0.1) is 6.61 Å². The molecular weight excluding hydrogens is 284 g/mol. The summed E-state index contributed by atoms with van der Waals surface area (Å²) in [6, 6.07) is 6.65. The molecule has 0 unspecified atom stereocenters. The lowest BCUT2D eigenvalue weighted by atomic mass is 9.90. The van der Waals surface area contributed by atoms with E-state index in [-0.39, 0.29) is 6.61 Å². The largest absolute Gasteiger partial charge is 0.395 e. The summed E-state index contributed by atoms with van der Waals surface area (Å²) >= 11 is 6.43. The summed E-state index contributed by atoms with van der Waals surface area (Å²) in [5.74, 6) is 0.621. The van der Waals surface area contributed by atoms with Gasteiger partial charge in [0, 0.05) is 35.4 Å². The van der Waals surface area contributed by atoms with Gasteiger partial charge >= 0.3 is 0 Å². The first-order valence-electron chi connectivity index (χ1n) is 7.99. The second-order valence-corrected chi connectivity index (χ2v) is 6.67. The fraction of sp³-hybridized carbons (Fsp3) is 0.647. The molecule has 0 saturated heterocycles. The minimum atomic E-state index is 0.182. The standard InChI is InChI=1S/C17H27ClN2O/c1-13(2)11-19-12-15-16(18)7-4-8-17(15)20(9-10-21)14-5-3-6-14/h4,7-8,13-14,19,21H,3,5-6,9-12H2,1-2H3. The maximum absolute atomic E-state index is 9.39. The lowest BCUT2D eigenvalue weighted by Gasteiger charge is -2.40. The highest BCUT2D eigenvalue weighted by molar-refractivity contribution is 6.31. The predicted octanol–water partition coefficient (Wildman–Crippen LogP) is 3.44. The highest BCUT2D eigenvalue weighted by atomic mass is 35.5. The molecule has 2 rings (SSSR count). The number of anilines is 1. The zero-order valence-electron chi connectivity index (χ0n) is 13.1. The van der Waals surface area contributed by atoms with E-state index in [0.29, 0.717) is 18.5 Å². The Balaban J connectivity index is 2.17. The molecule has 4 heteroatoms. The molecule has 0 aliphatic heterocycles. The molecule has 1 aliphatic rings. The van der Waals surface area contributed by atoms with E-state index in [2.05, 4.69) is 30.1 Å². The fourth-order valence-electron chi connectivity index (χ4n) is 2.78. The van der Waals surface area contributed by atoms with Crippen molar-refractivity contribution in [2.75, 3.05) is 24.6 Å². The van der Waals surface area contributed by atoms with Crippen molar-refractivity contribution in [1.82, 2.24) is 5.32 Å². The SMILES string of the molecule is CC(C)CNCc1c(Cl)cccc1N(CCO)C1CCC1. The third kappa shape index (κ3) is 4.35. The van der Waals surface area contributed by atoms with Crippen LogP contribution in [0.15, 0.2) is 18.2 Å². The molecule has 0 aromatic heterocycles. The molecular formula is C17H27ClN2O. The normalized spacial score (nSPS) is 15.3. The van der Waals surface area contributed by atoms with E-state index in [1.807, 2.05) is 12.1 Å². The molecule has 0 radical (unpaired) electrons. The van der Waals surface area contributed by atoms with Crippen LogP contribution in [-0.4, -0.2) is 30.8 Å². The Hall–Kier alpha value is -0.770. The fourth-order valence-corrected chi connectivity index (χ4v) is 3.02. The van der Waals surface area contributed by atoms with E-state index in [1.54, 1.807) is 0 Å². The maximum atomic E-state index is 9.39. The monoisotopic (exact) mass is 310 g/mol. The van der Waals surface area contributed by atoms with Crippen molar-refractivity contribution in [3.8, 4) is 0 Å². The Morgan fingerprint density at radius 3 is 2.71 bits per heavy atom. The van der Waals surface area contributed by atoms with Gasteiger partial charge in [-0.3, -0.25) is 0 Å². The number of nitrogens with one attached hydrogen (secondary N) is 1. The van der Waals surface area contributed by atoms with Crippen LogP contribution in [0.2, 0.25) is 5.02 Å². The molecule has 1 aromatic carbocycles. The van der Waals surface area contributed by atoms with Crippen LogP contribution in [0.1, 0.15) is 38.7 Å². The van der Waals surface area contributed by atoms with Crippen LogP contribution in [0.25, 0.3) is 0 Å². The van der Waals surface area contributed by atoms with Crippen LogP contribution < -0.4 is 10.2 Å². The van der Waals surface area contributed by atoms with E-state index in [1.165, 1.54) is 24.9 Å². The molecule has 0 heterocycles. The number of aliphatic hydroxyl groups is 1. The van der Waals surface area contributed by atoms with Gasteiger partial charge in [0.25, 0.3) is 0 Å². The molecule has 0 amide bonds. The number of halogens is 1. The first-order chi connectivity index (χ1) is 10.1. The van der Waals surface area contributed by atoms with E-state index in [0.717, 1.165) is 23.7 Å². The van der Waals surface area contributed by atoms with Gasteiger partial charge in [0.2, 0.25) is 0 Å². The lowest BCUT2D eigenvalue weighted by Crippen LogP contribution is -2.42. The summed E-state index contributed by atoms with van der Waals surface area (Å²) in [4.78, 5) is 2.34. The minimum Gasteiger partial charge on any atom is -0.395 e. The van der Waals surface area contributed by atoms with Crippen molar-refractivity contribution in [1.29, 1.82) is 0 Å². The van der Waals surface area contributed by atoms with Crippen LogP contribution in [-0.2, 0) is 6.54 Å². The van der Waals surface area contributed by atoms with Crippen molar-refractivity contribution in [3.63, 3.8) is 0 Å². The van der Waals surface area contributed by atoms with Crippen molar-refractivity contribution in [2.24, 2.45) is 5.92 Å². The van der Waals surface area contributed by atoms with E-state index < -0.39 is 0 Å². The molecule has 2 N–H and O–H groups in total. The molecule has 1 aromatic rings. The van der Waals surface area contributed by atoms with E-state index in [4.69, 9.17) is 11.6 Å². The highest BCUT2D eigenvalue weighted by Gasteiger charge is 2.26. The van der Waals surface area contributed by atoms with E-state index in [9.17, 15) is 5.11 Å². The van der Waals surface area contributed by atoms with Gasteiger partial charge in [0.15, 0.2) is 0 Å². The van der Waals surface area contributed by atoms with Gasteiger partial charge in [-0.1, -0.05) is 31.5 Å². The van der Waals surface area contributed by atoms with Crippen LogP contribution in [0, 0.1) is 5.92 Å². The highest BCUT2D eigenvalue weighted by Crippen LogP contribution is 2.34. The smallest absolute Gasteiger partial charge is 0.0606 e. The number of benzene rings is 1. The van der Waals surface area contributed by atoms with Crippen molar-refractivity contribution < 1.29 is 5.11 Å². The summed E-state index contributed by atoms with van der Waals surface area (Å²) in [5, 5.41) is 13.7. The first-order valence-corrected chi connectivity index (χ1v) is 8.37. The Bertz CT molecular complexity index is 446. The molecule has 3 nitrogen and oxygen atoms in total. The molecule has 118 valence electrons. The maximum Gasteiger partial charge on any atom is 0.0606 e. The molecule has 1 aliphatic carbocycles. The average Bonchev–Trinajstić information content (AvgIpc) is 2.37. The number of nitrogens with zero attached hydrogens (tertiary/aromatic N) is 1. The lowest BCUT2D eigenvalue weighted by molar-refractivity contribution is 0.283. The Kier molecular flexibility index (Phi) is 6.34. The van der Waals surface area contributed by atoms with Gasteiger partial charge in [0.1, 0.15) is 0 Å². The summed E-state index contributed by atoms with van der Waals surface area (Å²) in [6.45, 7) is 7.03. The molecule has 1 saturated carbocycles. The molecule has 21 heavy (non-hydrogen) atoms. The third-order valence-corrected chi connectivity index (χ3v) is 4.47. The summed E-state index contributed by atoms with van der Waals surface area (Å²) in [7, 11) is 0. The minimum absolute atomic E-state index is 0.182. The van der Waals surface area contributed by atoms with E-state index >= 15 is 0 Å². The molecule has 0 spiro atoms. The van der Waals surface area contributed by atoms with Crippen molar-refractivity contribution >= 4 is 17.3 Å². The molecule has 0 bridgehead atoms. The van der Waals surface area contributed by atoms with Crippen LogP contribution in [0.5, 0.6) is 0 Å². The molecule has 0 atom stereocenters. The number of aliphatic hydroxyl groups excluding tert-OH is 1. The third-order valence-electron chi connectivity index (χ3n) is 4.11. The molecule has 1 fully saturated rings. The topological polar surface area (TPSA) is 35.5 Å². The quantitative estimate of drug-likeness (QED) is 0.772. The van der Waals surface area contributed by atoms with Crippen LogP contribution in [0.3, 0.4) is 0 Å². The summed E-state index contributed by atoms with van der Waals surface area (Å²) in [5.41, 5.74) is 2.33. The predicted molar refractivity (Wildman–Crippen MR) is 90.1 cm³/mol. The van der Waals surface area contributed by atoms with Crippen molar-refractivity contribution in [2.45, 2.75) is 45.7 Å². The number of hydrogen-bond acceptors (Lipinski definition) is 3. The zero-order chi connectivity index (χ0) is 15.2. The Morgan fingerprint density at radius 1 is 1.38 bits per heavy atom. The first kappa shape index (κ1) is 16.6. The second kappa shape index (κ2) is 8.02. The number of hydrogen-bond donors (Lipinski definition) is 2. The van der Waals surface area contributed by atoms with Gasteiger partial charge in [-0.15, -0.1) is 0 Å². The number of rotatable bonds is 8. The summed E-state index contributed by atoms with van der Waals surface area (Å²) < 4.78 is 0. The van der Waals surface area contributed by atoms with Crippen molar-refractivity contribution in [3.05, 3.63) is 28.8 Å². The zero-order valence-corrected chi connectivity index (χ0v) is 13.9. The Labute approximate surface area is 133 Å². The van der Waals surface area contributed by atoms with Crippen LogP contribution >= 0.6 is 11.6 Å². The van der Waals surface area contributed by atoms with Gasteiger partial charge in [-0.2, -0.15) is 0 Å². The van der Waals surface area contributed by atoms with Gasteiger partial charge in [-0.05, 0) is 43.9 Å². The van der Waals surface area contributed by atoms with Crippen LogP contribution in [0.4, 0.5) is 5.69 Å². The van der Waals surface area contributed by atoms with Gasteiger partial charge in [-0.25, -0.2) is 0 Å².